The average Bonchev–Trinajstić information content (AvgIpc) is 3.05. The summed E-state index contributed by atoms with van der Waals surface area (Å²) in [6.45, 7) is 6.88. The Balaban J connectivity index is 1.60. The Morgan fingerprint density at radius 2 is 1.59 bits per heavy atom. The molecule has 0 spiro atoms. The molecule has 4 aliphatic carbocycles. The Morgan fingerprint density at radius 3 is 2.25 bits per heavy atom. The molecule has 7 nitrogen and oxygen atoms in total. The summed E-state index contributed by atoms with van der Waals surface area (Å²) < 4.78 is 16.6. The van der Waals surface area contributed by atoms with Crippen molar-refractivity contribution >= 4 is 23.7 Å². The van der Waals surface area contributed by atoms with Gasteiger partial charge in [-0.15, -0.1) is 0 Å². The molecule has 0 N–H and O–H groups in total. The number of carbonyl (C=O) groups is 4. The van der Waals surface area contributed by atoms with Crippen LogP contribution < -0.4 is 0 Å². The van der Waals surface area contributed by atoms with Gasteiger partial charge in [-0.3, -0.25) is 19.2 Å². The lowest BCUT2D eigenvalue weighted by atomic mass is 9.45. The van der Waals surface area contributed by atoms with E-state index in [9.17, 15) is 19.2 Å². The van der Waals surface area contributed by atoms with Gasteiger partial charge < -0.3 is 14.2 Å². The van der Waals surface area contributed by atoms with Crippen molar-refractivity contribution in [2.24, 2.45) is 34.5 Å². The van der Waals surface area contributed by atoms with Gasteiger partial charge in [0.05, 0.1) is 6.61 Å². The van der Waals surface area contributed by atoms with Crippen LogP contribution in [0, 0.1) is 34.5 Å². The van der Waals surface area contributed by atoms with Gasteiger partial charge in [0.2, 0.25) is 0 Å². The SMILES string of the molecule is CC(=O)OC[C@]12CC[C@H]3[C@@H](C(=O)C[C@H]4C[C@@H](OC(C)=O)CC[C@@]43C)[C@@H]1C[C@H](OC(C)=O)C2. The minimum Gasteiger partial charge on any atom is -0.465 e. The first kappa shape index (κ1) is 23.2. The molecule has 4 fully saturated rings. The number of carbonyl (C=O) groups excluding carboxylic acids is 4. The fourth-order valence-corrected chi connectivity index (χ4v) is 7.84. The summed E-state index contributed by atoms with van der Waals surface area (Å²) >= 11 is 0. The van der Waals surface area contributed by atoms with Crippen LogP contribution in [-0.4, -0.2) is 42.5 Å². The van der Waals surface area contributed by atoms with Gasteiger partial charge in [-0.1, -0.05) is 6.92 Å². The van der Waals surface area contributed by atoms with Gasteiger partial charge in [-0.05, 0) is 68.1 Å². The number of ketones is 1. The molecule has 4 aliphatic rings. The van der Waals surface area contributed by atoms with Crippen molar-refractivity contribution in [1.29, 1.82) is 0 Å². The first-order valence-corrected chi connectivity index (χ1v) is 12.0. The third-order valence-electron chi connectivity index (χ3n) is 9.14. The molecule has 0 unspecified atom stereocenters. The topological polar surface area (TPSA) is 96.0 Å². The smallest absolute Gasteiger partial charge is 0.302 e. The molecule has 4 saturated carbocycles. The Kier molecular flexibility index (Phi) is 6.14. The molecular weight excluding hydrogens is 412 g/mol. The van der Waals surface area contributed by atoms with Crippen molar-refractivity contribution in [1.82, 2.24) is 0 Å². The van der Waals surface area contributed by atoms with E-state index in [1.165, 1.54) is 20.8 Å². The number of fused-ring (bicyclic) bond motifs is 5. The summed E-state index contributed by atoms with van der Waals surface area (Å²) in [4.78, 5) is 48.3. The molecule has 4 rings (SSSR count). The maximum atomic E-state index is 13.6. The summed E-state index contributed by atoms with van der Waals surface area (Å²) in [6, 6.07) is 0. The highest BCUT2D eigenvalue weighted by Crippen LogP contribution is 2.65. The summed E-state index contributed by atoms with van der Waals surface area (Å²) in [6.07, 6.45) is 5.80. The zero-order chi connectivity index (χ0) is 23.3. The van der Waals surface area contributed by atoms with Crippen molar-refractivity contribution in [3.8, 4) is 0 Å². The molecule has 0 radical (unpaired) electrons. The zero-order valence-electron chi connectivity index (χ0n) is 19.7. The van der Waals surface area contributed by atoms with Crippen molar-refractivity contribution in [3.63, 3.8) is 0 Å². The zero-order valence-corrected chi connectivity index (χ0v) is 19.7. The lowest BCUT2D eigenvalue weighted by molar-refractivity contribution is -0.171. The number of Topliss-reactive ketones (excluding diaryl/α,β-unsaturated/α-hetero) is 1. The number of ether oxygens (including phenoxy) is 3. The normalized spacial score (nSPS) is 42.8. The summed E-state index contributed by atoms with van der Waals surface area (Å²) in [7, 11) is 0. The molecule has 0 aromatic rings. The Hall–Kier alpha value is -1.92. The quantitative estimate of drug-likeness (QED) is 0.479. The maximum absolute atomic E-state index is 13.6. The fourth-order valence-electron chi connectivity index (χ4n) is 7.84. The van der Waals surface area contributed by atoms with Gasteiger partial charge in [0.1, 0.15) is 18.0 Å². The van der Waals surface area contributed by atoms with Crippen molar-refractivity contribution in [2.45, 2.75) is 91.3 Å². The highest BCUT2D eigenvalue weighted by Gasteiger charge is 2.64. The molecule has 0 aromatic heterocycles. The monoisotopic (exact) mass is 448 g/mol. The van der Waals surface area contributed by atoms with Crippen LogP contribution in [0.25, 0.3) is 0 Å². The first-order valence-electron chi connectivity index (χ1n) is 12.0. The number of esters is 3. The first-order chi connectivity index (χ1) is 15.0. The second-order valence-electron chi connectivity index (χ2n) is 11.0. The minimum atomic E-state index is -0.318. The number of hydrogen-bond donors (Lipinski definition) is 0. The van der Waals surface area contributed by atoms with Gasteiger partial charge in [0.25, 0.3) is 0 Å². The highest BCUT2D eigenvalue weighted by atomic mass is 16.5. The molecule has 8 atom stereocenters. The van der Waals surface area contributed by atoms with Crippen molar-refractivity contribution < 1.29 is 33.4 Å². The van der Waals surface area contributed by atoms with E-state index in [0.29, 0.717) is 19.3 Å². The van der Waals surface area contributed by atoms with Gasteiger partial charge in [-0.25, -0.2) is 0 Å². The Labute approximate surface area is 189 Å². The summed E-state index contributed by atoms with van der Waals surface area (Å²) in [5.74, 6) is -0.150. The molecule has 0 saturated heterocycles. The molecule has 32 heavy (non-hydrogen) atoms. The van der Waals surface area contributed by atoms with E-state index in [1.807, 2.05) is 0 Å². The van der Waals surface area contributed by atoms with Crippen molar-refractivity contribution in [2.75, 3.05) is 6.61 Å². The number of rotatable bonds is 4. The van der Waals surface area contributed by atoms with Gasteiger partial charge in [-0.2, -0.15) is 0 Å². The van der Waals surface area contributed by atoms with Crippen LogP contribution in [-0.2, 0) is 33.4 Å². The standard InChI is InChI=1S/C25H36O7/c1-14(26)30-13-25-8-6-20-23(21(25)11-19(12-25)32-16(3)28)22(29)10-17-9-18(31-15(2)27)5-7-24(17,20)4/h17-21,23H,5-13H2,1-4H3/t17-,18+,19+,20+,21+,23-,24+,25-/m1/s1. The molecule has 0 heterocycles. The summed E-state index contributed by atoms with van der Waals surface area (Å²) in [5.41, 5.74) is -0.275. The van der Waals surface area contributed by atoms with Crippen LogP contribution in [0.2, 0.25) is 0 Å². The van der Waals surface area contributed by atoms with Gasteiger partial charge in [0, 0.05) is 38.5 Å². The lowest BCUT2D eigenvalue weighted by Gasteiger charge is -2.59. The van der Waals surface area contributed by atoms with E-state index >= 15 is 0 Å². The van der Waals surface area contributed by atoms with Gasteiger partial charge in [0.15, 0.2) is 0 Å². The molecule has 178 valence electrons. The van der Waals surface area contributed by atoms with E-state index in [2.05, 4.69) is 6.92 Å². The van der Waals surface area contributed by atoms with E-state index in [0.717, 1.165) is 32.1 Å². The highest BCUT2D eigenvalue weighted by molar-refractivity contribution is 5.83. The third-order valence-corrected chi connectivity index (χ3v) is 9.14. The van der Waals surface area contributed by atoms with E-state index < -0.39 is 0 Å². The minimum absolute atomic E-state index is 0.0301. The predicted molar refractivity (Wildman–Crippen MR) is 114 cm³/mol. The second kappa shape index (κ2) is 8.45. The van der Waals surface area contributed by atoms with Crippen LogP contribution in [0.1, 0.15) is 79.1 Å². The van der Waals surface area contributed by atoms with Crippen LogP contribution in [0.5, 0.6) is 0 Å². The lowest BCUT2D eigenvalue weighted by Crippen LogP contribution is -2.57. The number of hydrogen-bond acceptors (Lipinski definition) is 7. The fraction of sp³-hybridized carbons (Fsp3) is 0.840. The van der Waals surface area contributed by atoms with Crippen molar-refractivity contribution in [3.05, 3.63) is 0 Å². The largest absolute Gasteiger partial charge is 0.465 e. The molecule has 0 aromatic carbocycles. The van der Waals surface area contributed by atoms with E-state index in [1.54, 1.807) is 0 Å². The third kappa shape index (κ3) is 4.08. The van der Waals surface area contributed by atoms with Gasteiger partial charge >= 0.3 is 17.9 Å². The molecule has 0 aliphatic heterocycles. The Morgan fingerprint density at radius 1 is 0.906 bits per heavy atom. The van der Waals surface area contributed by atoms with Crippen LogP contribution in [0.15, 0.2) is 0 Å². The predicted octanol–water partition coefficient (Wildman–Crippen LogP) is 3.61. The average molecular weight is 449 g/mol. The van der Waals surface area contributed by atoms with Crippen LogP contribution in [0.4, 0.5) is 0 Å². The summed E-state index contributed by atoms with van der Waals surface area (Å²) in [5, 5.41) is 0. The van der Waals surface area contributed by atoms with E-state index in [4.69, 9.17) is 14.2 Å². The second-order valence-corrected chi connectivity index (χ2v) is 11.0. The van der Waals surface area contributed by atoms with E-state index in [-0.39, 0.29) is 77.0 Å². The van der Waals surface area contributed by atoms with Crippen LogP contribution >= 0.6 is 0 Å². The maximum Gasteiger partial charge on any atom is 0.302 e. The van der Waals surface area contributed by atoms with Crippen LogP contribution in [0.3, 0.4) is 0 Å². The molecule has 0 amide bonds. The Bertz CT molecular complexity index is 806. The molecule has 7 heteroatoms. The molecular formula is C25H36O7. The molecule has 0 bridgehead atoms.